The minimum atomic E-state index is -0.825. The van der Waals surface area contributed by atoms with Crippen molar-refractivity contribution in [2.75, 3.05) is 0 Å². The van der Waals surface area contributed by atoms with E-state index in [1.54, 1.807) is 13.0 Å². The molecule has 0 amide bonds. The number of hydrogen-bond donors (Lipinski definition) is 2. The largest absolute Gasteiger partial charge is 0.392 e. The number of hydrogen-bond acceptors (Lipinski definition) is 2. The van der Waals surface area contributed by atoms with Gasteiger partial charge in [-0.25, -0.2) is 8.78 Å². The molecule has 0 bridgehead atoms. The number of benzene rings is 1. The molecule has 3 unspecified atom stereocenters. The fourth-order valence-corrected chi connectivity index (χ4v) is 2.43. The Labute approximate surface area is 106 Å². The fraction of sp³-hybridized carbons (Fsp3) is 0.571. The third-order valence-corrected chi connectivity index (χ3v) is 4.12. The number of aliphatic hydroxyl groups is 1. The summed E-state index contributed by atoms with van der Waals surface area (Å²) in [6.07, 6.45) is 0.313. The molecule has 2 nitrogen and oxygen atoms in total. The summed E-state index contributed by atoms with van der Waals surface area (Å²) in [4.78, 5) is 0. The quantitative estimate of drug-likeness (QED) is 0.870. The lowest BCUT2D eigenvalue weighted by molar-refractivity contribution is -0.0755. The highest BCUT2D eigenvalue weighted by molar-refractivity contribution is 5.22. The first kappa shape index (κ1) is 13.4. The summed E-state index contributed by atoms with van der Waals surface area (Å²) in [5.41, 5.74) is 0.102. The zero-order valence-corrected chi connectivity index (χ0v) is 10.9. The van der Waals surface area contributed by atoms with E-state index in [1.807, 2.05) is 13.8 Å². The van der Waals surface area contributed by atoms with Crippen LogP contribution in [0.5, 0.6) is 0 Å². The van der Waals surface area contributed by atoms with Gasteiger partial charge in [0, 0.05) is 23.1 Å². The molecular weight excluding hydrogens is 236 g/mol. The van der Waals surface area contributed by atoms with Crippen molar-refractivity contribution in [3.63, 3.8) is 0 Å². The van der Waals surface area contributed by atoms with Gasteiger partial charge in [-0.15, -0.1) is 0 Å². The predicted octanol–water partition coefficient (Wildman–Crippen LogP) is 2.77. The lowest BCUT2D eigenvalue weighted by Crippen LogP contribution is -2.60. The molecule has 1 aliphatic rings. The van der Waals surface area contributed by atoms with Gasteiger partial charge in [-0.1, -0.05) is 26.0 Å². The van der Waals surface area contributed by atoms with Crippen LogP contribution in [0.1, 0.15) is 38.8 Å². The summed E-state index contributed by atoms with van der Waals surface area (Å²) in [5.74, 6) is -1.62. The van der Waals surface area contributed by atoms with Crippen molar-refractivity contribution >= 4 is 0 Å². The van der Waals surface area contributed by atoms with Crippen molar-refractivity contribution in [2.45, 2.75) is 45.4 Å². The molecule has 1 aromatic rings. The molecule has 0 saturated heterocycles. The second kappa shape index (κ2) is 4.59. The van der Waals surface area contributed by atoms with Crippen LogP contribution in [0.4, 0.5) is 8.78 Å². The summed E-state index contributed by atoms with van der Waals surface area (Å²) in [5, 5.41) is 12.9. The number of rotatable bonds is 3. The van der Waals surface area contributed by atoms with Crippen LogP contribution in [0.3, 0.4) is 0 Å². The summed E-state index contributed by atoms with van der Waals surface area (Å²) in [7, 11) is 0. The van der Waals surface area contributed by atoms with Gasteiger partial charge in [-0.05, 0) is 19.4 Å². The van der Waals surface area contributed by atoms with Gasteiger partial charge in [-0.2, -0.15) is 0 Å². The van der Waals surface area contributed by atoms with Crippen LogP contribution >= 0.6 is 0 Å². The molecule has 0 aliphatic heterocycles. The molecule has 1 saturated carbocycles. The van der Waals surface area contributed by atoms with Crippen molar-refractivity contribution in [3.8, 4) is 0 Å². The average molecular weight is 255 g/mol. The summed E-state index contributed by atoms with van der Waals surface area (Å²) in [6.45, 7) is 5.74. The molecule has 1 fully saturated rings. The SMILES string of the molecule is CC(NC1CC(O)C1(C)C)c1cccc(F)c1F. The van der Waals surface area contributed by atoms with Crippen LogP contribution in [0.15, 0.2) is 18.2 Å². The van der Waals surface area contributed by atoms with Gasteiger partial charge in [0.05, 0.1) is 6.10 Å². The van der Waals surface area contributed by atoms with E-state index >= 15 is 0 Å². The first-order valence-corrected chi connectivity index (χ1v) is 6.22. The maximum Gasteiger partial charge on any atom is 0.163 e. The van der Waals surface area contributed by atoms with Crippen molar-refractivity contribution < 1.29 is 13.9 Å². The number of halogens is 2. The molecule has 2 rings (SSSR count). The minimum Gasteiger partial charge on any atom is -0.392 e. The monoisotopic (exact) mass is 255 g/mol. The van der Waals surface area contributed by atoms with Gasteiger partial charge in [0.25, 0.3) is 0 Å². The van der Waals surface area contributed by atoms with Gasteiger partial charge in [-0.3, -0.25) is 0 Å². The van der Waals surface area contributed by atoms with Crippen molar-refractivity contribution in [1.29, 1.82) is 0 Å². The van der Waals surface area contributed by atoms with Crippen LogP contribution in [0.2, 0.25) is 0 Å². The first-order valence-electron chi connectivity index (χ1n) is 6.22. The molecule has 2 N–H and O–H groups in total. The van der Waals surface area contributed by atoms with E-state index in [0.717, 1.165) is 6.07 Å². The van der Waals surface area contributed by atoms with E-state index in [2.05, 4.69) is 5.32 Å². The summed E-state index contributed by atoms with van der Waals surface area (Å²) in [6, 6.07) is 4.04. The standard InChI is InChI=1S/C14H19F2NO/c1-8(9-5-4-6-10(15)13(9)16)17-11-7-12(18)14(11,2)3/h4-6,8,11-12,17-18H,7H2,1-3H3. The Hall–Kier alpha value is -1.00. The lowest BCUT2D eigenvalue weighted by atomic mass is 9.64. The van der Waals surface area contributed by atoms with Crippen molar-refractivity contribution in [2.24, 2.45) is 5.41 Å². The fourth-order valence-electron chi connectivity index (χ4n) is 2.43. The topological polar surface area (TPSA) is 32.3 Å². The van der Waals surface area contributed by atoms with Gasteiger partial charge in [0.2, 0.25) is 0 Å². The second-order valence-electron chi connectivity index (χ2n) is 5.66. The Bertz CT molecular complexity index is 447. The van der Waals surface area contributed by atoms with Gasteiger partial charge < -0.3 is 10.4 Å². The van der Waals surface area contributed by atoms with Gasteiger partial charge >= 0.3 is 0 Å². The molecular formula is C14H19F2NO. The molecule has 1 aromatic carbocycles. The Balaban J connectivity index is 2.09. The highest BCUT2D eigenvalue weighted by Gasteiger charge is 2.47. The Kier molecular flexibility index (Phi) is 3.43. The molecule has 3 atom stereocenters. The Morgan fingerprint density at radius 1 is 1.39 bits per heavy atom. The van der Waals surface area contributed by atoms with E-state index in [4.69, 9.17) is 0 Å². The van der Waals surface area contributed by atoms with Crippen LogP contribution in [0.25, 0.3) is 0 Å². The maximum absolute atomic E-state index is 13.6. The minimum absolute atomic E-state index is 0.116. The molecule has 0 spiro atoms. The highest BCUT2D eigenvalue weighted by atomic mass is 19.2. The number of aliphatic hydroxyl groups excluding tert-OH is 1. The summed E-state index contributed by atoms with van der Waals surface area (Å²) < 4.78 is 26.8. The van der Waals surface area contributed by atoms with Gasteiger partial charge in [0.1, 0.15) is 0 Å². The van der Waals surface area contributed by atoms with E-state index in [9.17, 15) is 13.9 Å². The van der Waals surface area contributed by atoms with Crippen LogP contribution in [0, 0.1) is 17.0 Å². The Morgan fingerprint density at radius 3 is 2.61 bits per heavy atom. The first-order chi connectivity index (χ1) is 8.34. The zero-order chi connectivity index (χ0) is 13.5. The predicted molar refractivity (Wildman–Crippen MR) is 66.1 cm³/mol. The van der Waals surface area contributed by atoms with Crippen molar-refractivity contribution in [1.82, 2.24) is 5.32 Å². The maximum atomic E-state index is 13.6. The summed E-state index contributed by atoms with van der Waals surface area (Å²) >= 11 is 0. The average Bonchev–Trinajstić information content (AvgIpc) is 2.32. The molecule has 0 heterocycles. The van der Waals surface area contributed by atoms with E-state index in [1.165, 1.54) is 6.07 Å². The van der Waals surface area contributed by atoms with Crippen LogP contribution < -0.4 is 5.32 Å². The van der Waals surface area contributed by atoms with Crippen molar-refractivity contribution in [3.05, 3.63) is 35.4 Å². The molecule has 0 radical (unpaired) electrons. The molecule has 1 aliphatic carbocycles. The smallest absolute Gasteiger partial charge is 0.163 e. The molecule has 4 heteroatoms. The lowest BCUT2D eigenvalue weighted by Gasteiger charge is -2.50. The highest BCUT2D eigenvalue weighted by Crippen LogP contribution is 2.41. The number of nitrogens with one attached hydrogen (secondary N) is 1. The third kappa shape index (κ3) is 2.15. The van der Waals surface area contributed by atoms with E-state index < -0.39 is 11.6 Å². The normalized spacial score (nSPS) is 27.7. The molecule has 0 aromatic heterocycles. The van der Waals surface area contributed by atoms with E-state index in [-0.39, 0.29) is 23.6 Å². The van der Waals surface area contributed by atoms with Crippen LogP contribution in [-0.2, 0) is 0 Å². The third-order valence-electron chi connectivity index (χ3n) is 4.12. The second-order valence-corrected chi connectivity index (χ2v) is 5.66. The molecule has 18 heavy (non-hydrogen) atoms. The Morgan fingerprint density at radius 2 is 2.06 bits per heavy atom. The molecule has 100 valence electrons. The van der Waals surface area contributed by atoms with E-state index in [0.29, 0.717) is 12.0 Å². The van der Waals surface area contributed by atoms with Crippen LogP contribution in [-0.4, -0.2) is 17.3 Å². The zero-order valence-electron chi connectivity index (χ0n) is 10.9. The van der Waals surface area contributed by atoms with Gasteiger partial charge in [0.15, 0.2) is 11.6 Å².